The SMILES string of the molecule is Cn1ncnc1CNC1CN2CCC1CC2. The molecule has 4 heterocycles. The molecule has 0 amide bonds. The fourth-order valence-corrected chi connectivity index (χ4v) is 2.90. The number of rotatable bonds is 3. The van der Waals surface area contributed by atoms with Gasteiger partial charge in [0, 0.05) is 19.6 Å². The Morgan fingerprint density at radius 2 is 2.25 bits per heavy atom. The zero-order chi connectivity index (χ0) is 11.0. The Morgan fingerprint density at radius 1 is 1.44 bits per heavy atom. The van der Waals surface area contributed by atoms with Gasteiger partial charge in [-0.1, -0.05) is 0 Å². The molecule has 88 valence electrons. The van der Waals surface area contributed by atoms with Gasteiger partial charge < -0.3 is 10.2 Å². The van der Waals surface area contributed by atoms with E-state index in [4.69, 9.17) is 0 Å². The first-order valence-corrected chi connectivity index (χ1v) is 6.11. The van der Waals surface area contributed by atoms with Gasteiger partial charge in [0.15, 0.2) is 0 Å². The highest BCUT2D eigenvalue weighted by Gasteiger charge is 2.33. The fraction of sp³-hybridized carbons (Fsp3) is 0.818. The van der Waals surface area contributed by atoms with Crippen LogP contribution in [0.5, 0.6) is 0 Å². The quantitative estimate of drug-likeness (QED) is 0.780. The van der Waals surface area contributed by atoms with Gasteiger partial charge in [-0.25, -0.2) is 4.98 Å². The van der Waals surface area contributed by atoms with Crippen molar-refractivity contribution in [3.63, 3.8) is 0 Å². The summed E-state index contributed by atoms with van der Waals surface area (Å²) in [5.74, 6) is 1.90. The van der Waals surface area contributed by atoms with Crippen LogP contribution in [0.4, 0.5) is 0 Å². The molecule has 4 rings (SSSR count). The minimum atomic E-state index is 0.652. The van der Waals surface area contributed by atoms with Gasteiger partial charge in [-0.05, 0) is 31.8 Å². The Hall–Kier alpha value is -0.940. The van der Waals surface area contributed by atoms with Crippen molar-refractivity contribution in [1.82, 2.24) is 25.0 Å². The zero-order valence-corrected chi connectivity index (χ0v) is 9.76. The molecule has 0 aliphatic carbocycles. The molecule has 1 unspecified atom stereocenters. The van der Waals surface area contributed by atoms with Crippen molar-refractivity contribution < 1.29 is 0 Å². The molecule has 3 aliphatic heterocycles. The number of fused-ring (bicyclic) bond motifs is 3. The molecule has 16 heavy (non-hydrogen) atoms. The normalized spacial score (nSPS) is 33.2. The van der Waals surface area contributed by atoms with Gasteiger partial charge in [0.1, 0.15) is 12.2 Å². The van der Waals surface area contributed by atoms with E-state index in [-0.39, 0.29) is 0 Å². The summed E-state index contributed by atoms with van der Waals surface area (Å²) in [5, 5.41) is 7.71. The maximum Gasteiger partial charge on any atom is 0.140 e. The fourth-order valence-electron chi connectivity index (χ4n) is 2.90. The Kier molecular flexibility index (Phi) is 2.65. The van der Waals surface area contributed by atoms with Crippen LogP contribution in [0.2, 0.25) is 0 Å². The lowest BCUT2D eigenvalue weighted by molar-refractivity contribution is 0.0715. The van der Waals surface area contributed by atoms with E-state index in [1.165, 1.54) is 32.5 Å². The molecule has 0 saturated carbocycles. The second-order valence-electron chi connectivity index (χ2n) is 4.93. The first-order valence-electron chi connectivity index (χ1n) is 6.11. The second-order valence-corrected chi connectivity index (χ2v) is 4.93. The predicted molar refractivity (Wildman–Crippen MR) is 60.8 cm³/mol. The minimum absolute atomic E-state index is 0.652. The molecule has 1 atom stereocenters. The summed E-state index contributed by atoms with van der Waals surface area (Å²) in [7, 11) is 1.94. The molecule has 5 heteroatoms. The monoisotopic (exact) mass is 221 g/mol. The number of piperidine rings is 3. The molecule has 3 aliphatic rings. The molecule has 0 aromatic carbocycles. The van der Waals surface area contributed by atoms with Crippen molar-refractivity contribution in [3.05, 3.63) is 12.2 Å². The van der Waals surface area contributed by atoms with Crippen molar-refractivity contribution >= 4 is 0 Å². The standard InChI is InChI=1S/C11H19N5/c1-15-11(13-8-14-15)6-12-10-7-16-4-2-9(10)3-5-16/h8-10,12H,2-7H2,1H3. The average molecular weight is 221 g/mol. The van der Waals surface area contributed by atoms with Crippen molar-refractivity contribution in [2.24, 2.45) is 13.0 Å². The first-order chi connectivity index (χ1) is 7.83. The predicted octanol–water partition coefficient (Wildman–Crippen LogP) is -0.00110. The second kappa shape index (κ2) is 4.14. The summed E-state index contributed by atoms with van der Waals surface area (Å²) in [6.07, 6.45) is 4.33. The van der Waals surface area contributed by atoms with E-state index in [1.807, 2.05) is 11.7 Å². The average Bonchev–Trinajstić information content (AvgIpc) is 2.74. The Labute approximate surface area is 95.8 Å². The summed E-state index contributed by atoms with van der Waals surface area (Å²) in [4.78, 5) is 6.80. The molecule has 1 N–H and O–H groups in total. The lowest BCUT2D eigenvalue weighted by atomic mass is 9.84. The minimum Gasteiger partial charge on any atom is -0.305 e. The molecule has 3 saturated heterocycles. The van der Waals surface area contributed by atoms with Crippen LogP contribution >= 0.6 is 0 Å². The van der Waals surface area contributed by atoms with Gasteiger partial charge in [0.05, 0.1) is 6.54 Å². The third kappa shape index (κ3) is 1.85. The maximum absolute atomic E-state index is 4.24. The van der Waals surface area contributed by atoms with Crippen molar-refractivity contribution in [2.75, 3.05) is 19.6 Å². The number of hydrogen-bond donors (Lipinski definition) is 1. The highest BCUT2D eigenvalue weighted by Crippen LogP contribution is 2.27. The first kappa shape index (κ1) is 10.2. The number of aryl methyl sites for hydroxylation is 1. The van der Waals surface area contributed by atoms with E-state index < -0.39 is 0 Å². The van der Waals surface area contributed by atoms with Crippen LogP contribution in [0.25, 0.3) is 0 Å². The molecule has 1 aromatic heterocycles. The zero-order valence-electron chi connectivity index (χ0n) is 9.76. The van der Waals surface area contributed by atoms with E-state index >= 15 is 0 Å². The third-order valence-corrected chi connectivity index (χ3v) is 3.98. The topological polar surface area (TPSA) is 46.0 Å². The lowest BCUT2D eigenvalue weighted by Gasteiger charge is -2.45. The Morgan fingerprint density at radius 3 is 2.81 bits per heavy atom. The maximum atomic E-state index is 4.24. The third-order valence-electron chi connectivity index (χ3n) is 3.98. The van der Waals surface area contributed by atoms with E-state index in [0.29, 0.717) is 6.04 Å². The smallest absolute Gasteiger partial charge is 0.140 e. The molecule has 3 fully saturated rings. The van der Waals surface area contributed by atoms with E-state index in [2.05, 4.69) is 20.3 Å². The Balaban J connectivity index is 1.58. The van der Waals surface area contributed by atoms with Crippen LogP contribution in [-0.4, -0.2) is 45.3 Å². The van der Waals surface area contributed by atoms with E-state index in [9.17, 15) is 0 Å². The van der Waals surface area contributed by atoms with E-state index in [0.717, 1.165) is 18.3 Å². The van der Waals surface area contributed by atoms with Gasteiger partial charge in [0.25, 0.3) is 0 Å². The molecule has 5 nitrogen and oxygen atoms in total. The number of aromatic nitrogens is 3. The molecule has 0 radical (unpaired) electrons. The van der Waals surface area contributed by atoms with Crippen LogP contribution < -0.4 is 5.32 Å². The summed E-state index contributed by atoms with van der Waals surface area (Å²) in [6.45, 7) is 4.65. The number of hydrogen-bond acceptors (Lipinski definition) is 4. The molecular weight excluding hydrogens is 202 g/mol. The molecule has 0 spiro atoms. The van der Waals surface area contributed by atoms with Crippen LogP contribution in [0.3, 0.4) is 0 Å². The van der Waals surface area contributed by atoms with Gasteiger partial charge in [-0.2, -0.15) is 5.10 Å². The summed E-state index contributed by atoms with van der Waals surface area (Å²) >= 11 is 0. The number of nitrogens with zero attached hydrogens (tertiary/aromatic N) is 4. The van der Waals surface area contributed by atoms with Crippen molar-refractivity contribution in [3.8, 4) is 0 Å². The van der Waals surface area contributed by atoms with Crippen molar-refractivity contribution in [1.29, 1.82) is 0 Å². The highest BCUT2D eigenvalue weighted by molar-refractivity contribution is 4.92. The Bertz CT molecular complexity index is 353. The van der Waals surface area contributed by atoms with Gasteiger partial charge in [-0.3, -0.25) is 4.68 Å². The van der Waals surface area contributed by atoms with Gasteiger partial charge >= 0.3 is 0 Å². The molecule has 1 aromatic rings. The van der Waals surface area contributed by atoms with Gasteiger partial charge in [-0.15, -0.1) is 0 Å². The summed E-state index contributed by atoms with van der Waals surface area (Å²) in [6, 6.07) is 0.652. The molecular formula is C11H19N5. The van der Waals surface area contributed by atoms with E-state index in [1.54, 1.807) is 6.33 Å². The largest absolute Gasteiger partial charge is 0.305 e. The highest BCUT2D eigenvalue weighted by atomic mass is 15.3. The van der Waals surface area contributed by atoms with Gasteiger partial charge in [0.2, 0.25) is 0 Å². The van der Waals surface area contributed by atoms with Crippen LogP contribution in [0.1, 0.15) is 18.7 Å². The van der Waals surface area contributed by atoms with Crippen LogP contribution in [-0.2, 0) is 13.6 Å². The summed E-state index contributed by atoms with van der Waals surface area (Å²) in [5.41, 5.74) is 0. The number of nitrogens with one attached hydrogen (secondary N) is 1. The van der Waals surface area contributed by atoms with Crippen molar-refractivity contribution in [2.45, 2.75) is 25.4 Å². The lowest BCUT2D eigenvalue weighted by Crippen LogP contribution is -2.55. The summed E-state index contributed by atoms with van der Waals surface area (Å²) < 4.78 is 1.84. The molecule has 2 bridgehead atoms. The van der Waals surface area contributed by atoms with Crippen LogP contribution in [0, 0.1) is 5.92 Å². The van der Waals surface area contributed by atoms with Crippen LogP contribution in [0.15, 0.2) is 6.33 Å².